The molecule has 1 saturated heterocycles. The van der Waals surface area contributed by atoms with E-state index in [4.69, 9.17) is 4.74 Å². The number of ether oxygens (including phenoxy) is 1. The highest BCUT2D eigenvalue weighted by Crippen LogP contribution is 2.43. The van der Waals surface area contributed by atoms with Crippen LogP contribution in [0.2, 0.25) is 0 Å². The van der Waals surface area contributed by atoms with Crippen LogP contribution in [-0.4, -0.2) is 6.61 Å². The van der Waals surface area contributed by atoms with Crippen LogP contribution in [0.25, 0.3) is 6.08 Å². The van der Waals surface area contributed by atoms with E-state index in [1.54, 1.807) is 24.3 Å². The van der Waals surface area contributed by atoms with Gasteiger partial charge in [0.15, 0.2) is 11.6 Å². The fraction of sp³-hybridized carbons (Fsp3) is 0.364. The maximum absolute atomic E-state index is 14.5. The Balaban J connectivity index is 1.47. The molecule has 0 N–H and O–H groups in total. The van der Waals surface area contributed by atoms with E-state index in [-0.39, 0.29) is 23.8 Å². The third-order valence-corrected chi connectivity index (χ3v) is 5.71. The molecule has 0 aromatic heterocycles. The van der Waals surface area contributed by atoms with E-state index in [2.05, 4.69) is 6.58 Å². The Hall–Kier alpha value is -2.07. The minimum absolute atomic E-state index is 0.00668. The van der Waals surface area contributed by atoms with Crippen LogP contribution in [0.5, 0.6) is 0 Å². The van der Waals surface area contributed by atoms with Gasteiger partial charge >= 0.3 is 0 Å². The van der Waals surface area contributed by atoms with Gasteiger partial charge in [0.2, 0.25) is 0 Å². The molecular weight excluding hydrogens is 337 g/mol. The summed E-state index contributed by atoms with van der Waals surface area (Å²) in [4.78, 5) is 0. The Labute approximate surface area is 151 Å². The highest BCUT2D eigenvalue weighted by molar-refractivity contribution is 5.48. The first-order chi connectivity index (χ1) is 12.6. The summed E-state index contributed by atoms with van der Waals surface area (Å²) >= 11 is 0. The van der Waals surface area contributed by atoms with Gasteiger partial charge < -0.3 is 4.74 Å². The van der Waals surface area contributed by atoms with E-state index in [1.165, 1.54) is 6.08 Å². The van der Waals surface area contributed by atoms with Crippen molar-refractivity contribution in [3.8, 4) is 0 Å². The molecule has 26 heavy (non-hydrogen) atoms. The molecule has 4 heteroatoms. The molecule has 2 aromatic rings. The molecule has 2 fully saturated rings. The van der Waals surface area contributed by atoms with Crippen molar-refractivity contribution in [2.24, 2.45) is 0 Å². The quantitative estimate of drug-likeness (QED) is 0.588. The zero-order chi connectivity index (χ0) is 18.3. The molecule has 1 saturated carbocycles. The van der Waals surface area contributed by atoms with E-state index in [0.29, 0.717) is 23.3 Å². The second-order valence-corrected chi connectivity index (χ2v) is 7.23. The van der Waals surface area contributed by atoms with Gasteiger partial charge in [0.05, 0.1) is 6.61 Å². The molecule has 2 aliphatic rings. The van der Waals surface area contributed by atoms with E-state index < -0.39 is 11.6 Å². The van der Waals surface area contributed by atoms with Gasteiger partial charge in [-0.2, -0.15) is 0 Å². The minimum atomic E-state index is -0.769. The van der Waals surface area contributed by atoms with E-state index >= 15 is 0 Å². The molecule has 1 aliphatic carbocycles. The van der Waals surface area contributed by atoms with Crippen molar-refractivity contribution in [2.45, 2.75) is 43.6 Å². The SMILES string of the molecule is C=Cc1ccc(C2CCC(c3ccc(C4CO4)c(F)c3F)CC2)cc1F. The van der Waals surface area contributed by atoms with Gasteiger partial charge in [-0.15, -0.1) is 0 Å². The van der Waals surface area contributed by atoms with Crippen LogP contribution in [0.1, 0.15) is 65.9 Å². The fourth-order valence-corrected chi connectivity index (χ4v) is 4.07. The summed E-state index contributed by atoms with van der Waals surface area (Å²) in [6.45, 7) is 4.06. The highest BCUT2D eigenvalue weighted by atomic mass is 19.2. The maximum Gasteiger partial charge on any atom is 0.165 e. The van der Waals surface area contributed by atoms with Crippen molar-refractivity contribution in [1.82, 2.24) is 0 Å². The summed E-state index contributed by atoms with van der Waals surface area (Å²) in [6, 6.07) is 8.62. The third kappa shape index (κ3) is 3.18. The van der Waals surface area contributed by atoms with Gasteiger partial charge in [-0.1, -0.05) is 36.9 Å². The average molecular weight is 358 g/mol. The topological polar surface area (TPSA) is 12.5 Å². The predicted molar refractivity (Wildman–Crippen MR) is 95.5 cm³/mol. The molecule has 0 spiro atoms. The molecule has 4 rings (SSSR count). The van der Waals surface area contributed by atoms with Gasteiger partial charge in [0.1, 0.15) is 11.9 Å². The van der Waals surface area contributed by atoms with E-state index in [0.717, 1.165) is 31.2 Å². The number of rotatable bonds is 4. The normalized spacial score (nSPS) is 25.1. The van der Waals surface area contributed by atoms with Crippen molar-refractivity contribution in [3.05, 3.63) is 76.6 Å². The van der Waals surface area contributed by atoms with Crippen molar-refractivity contribution < 1.29 is 17.9 Å². The number of halogens is 3. The third-order valence-electron chi connectivity index (χ3n) is 5.71. The summed E-state index contributed by atoms with van der Waals surface area (Å²) in [5.41, 5.74) is 2.25. The van der Waals surface area contributed by atoms with Crippen LogP contribution < -0.4 is 0 Å². The van der Waals surface area contributed by atoms with Gasteiger partial charge in [-0.05, 0) is 54.7 Å². The zero-order valence-corrected chi connectivity index (χ0v) is 14.5. The Bertz CT molecular complexity index is 834. The molecular formula is C22H21F3O. The Kier molecular flexibility index (Phi) is 4.62. The second-order valence-electron chi connectivity index (χ2n) is 7.23. The summed E-state index contributed by atoms with van der Waals surface area (Å²) in [5, 5.41) is 0. The van der Waals surface area contributed by atoms with Crippen LogP contribution in [0, 0.1) is 17.5 Å². The maximum atomic E-state index is 14.5. The van der Waals surface area contributed by atoms with Crippen molar-refractivity contribution >= 4 is 6.08 Å². The lowest BCUT2D eigenvalue weighted by molar-refractivity contribution is 0.375. The first-order valence-corrected chi connectivity index (χ1v) is 9.09. The number of benzene rings is 2. The van der Waals surface area contributed by atoms with Crippen LogP contribution in [0.4, 0.5) is 13.2 Å². The fourth-order valence-electron chi connectivity index (χ4n) is 4.07. The highest BCUT2D eigenvalue weighted by Gasteiger charge is 2.32. The summed E-state index contributed by atoms with van der Waals surface area (Å²) in [6.07, 6.45) is 4.43. The monoisotopic (exact) mass is 358 g/mol. The summed E-state index contributed by atoms with van der Waals surface area (Å²) in [7, 11) is 0. The number of epoxide rings is 1. The van der Waals surface area contributed by atoms with Gasteiger partial charge in [0.25, 0.3) is 0 Å². The predicted octanol–water partition coefficient (Wildman–Crippen LogP) is 6.26. The number of hydrogen-bond donors (Lipinski definition) is 0. The molecule has 1 nitrogen and oxygen atoms in total. The van der Waals surface area contributed by atoms with Crippen LogP contribution in [0.15, 0.2) is 36.9 Å². The lowest BCUT2D eigenvalue weighted by atomic mass is 9.76. The first-order valence-electron chi connectivity index (χ1n) is 9.09. The lowest BCUT2D eigenvalue weighted by Crippen LogP contribution is -2.14. The van der Waals surface area contributed by atoms with Crippen LogP contribution in [0.3, 0.4) is 0 Å². The Morgan fingerprint density at radius 1 is 0.885 bits per heavy atom. The molecule has 1 atom stereocenters. The van der Waals surface area contributed by atoms with Crippen LogP contribution in [-0.2, 0) is 4.74 Å². The molecule has 0 amide bonds. The second kappa shape index (κ2) is 6.92. The van der Waals surface area contributed by atoms with Crippen LogP contribution >= 0.6 is 0 Å². The number of hydrogen-bond acceptors (Lipinski definition) is 1. The summed E-state index contributed by atoms with van der Waals surface area (Å²) < 4.78 is 47.8. The Morgan fingerprint density at radius 2 is 1.50 bits per heavy atom. The van der Waals surface area contributed by atoms with Crippen molar-refractivity contribution in [1.29, 1.82) is 0 Å². The molecule has 0 bridgehead atoms. The molecule has 1 aliphatic heterocycles. The van der Waals surface area contributed by atoms with Gasteiger partial charge in [-0.3, -0.25) is 0 Å². The van der Waals surface area contributed by atoms with Crippen molar-refractivity contribution in [3.63, 3.8) is 0 Å². The zero-order valence-electron chi connectivity index (χ0n) is 14.5. The first kappa shape index (κ1) is 17.3. The average Bonchev–Trinajstić information content (AvgIpc) is 3.49. The van der Waals surface area contributed by atoms with E-state index in [9.17, 15) is 13.2 Å². The molecule has 1 unspecified atom stereocenters. The lowest BCUT2D eigenvalue weighted by Gasteiger charge is -2.29. The van der Waals surface area contributed by atoms with Gasteiger partial charge in [0, 0.05) is 11.1 Å². The molecule has 2 aromatic carbocycles. The van der Waals surface area contributed by atoms with E-state index in [1.807, 2.05) is 6.07 Å². The smallest absolute Gasteiger partial charge is 0.165 e. The Morgan fingerprint density at radius 3 is 2.12 bits per heavy atom. The summed E-state index contributed by atoms with van der Waals surface area (Å²) in [5.74, 6) is -1.50. The van der Waals surface area contributed by atoms with Gasteiger partial charge in [-0.25, -0.2) is 13.2 Å². The standard InChI is InChI=1S/C22H21F3O/c1-2-13-3-8-16(11-19(13)23)14-4-6-15(7-5-14)17-9-10-18(20-12-26-20)22(25)21(17)24/h2-3,8-11,14-15,20H,1,4-7,12H2. The minimum Gasteiger partial charge on any atom is -0.368 e. The van der Waals surface area contributed by atoms with Crippen molar-refractivity contribution in [2.75, 3.05) is 6.61 Å². The largest absolute Gasteiger partial charge is 0.368 e. The molecule has 0 radical (unpaired) electrons. The molecule has 136 valence electrons. The molecule has 1 heterocycles.